The summed E-state index contributed by atoms with van der Waals surface area (Å²) in [4.78, 5) is 24.0. The highest BCUT2D eigenvalue weighted by Gasteiger charge is 2.19. The highest BCUT2D eigenvalue weighted by Crippen LogP contribution is 2.29. The number of benzene rings is 2. The van der Waals surface area contributed by atoms with E-state index in [0.717, 1.165) is 16.8 Å². The molecule has 4 rings (SSSR count). The standard InChI is InChI=1S/C23H21N5O2S2/c1-14-8-9-17(12-15(14)2)28-21(16-6-4-3-5-7-16)26-27-23(28)32-13-19(29)25-22-18(20(24)30)10-11-31-22/h3-12H,13H2,1-2H3,(H2,24,30)(H,25,29). The van der Waals surface area contributed by atoms with E-state index < -0.39 is 5.91 Å². The first-order valence-electron chi connectivity index (χ1n) is 9.82. The van der Waals surface area contributed by atoms with Crippen LogP contribution in [0.15, 0.2) is 65.1 Å². The zero-order valence-corrected chi connectivity index (χ0v) is 19.2. The van der Waals surface area contributed by atoms with E-state index in [9.17, 15) is 9.59 Å². The first-order chi connectivity index (χ1) is 15.4. The number of thiophene rings is 1. The number of carbonyl (C=O) groups is 2. The lowest BCUT2D eigenvalue weighted by molar-refractivity contribution is -0.113. The third-order valence-corrected chi connectivity index (χ3v) is 6.69. The number of aryl methyl sites for hydroxylation is 2. The third-order valence-electron chi connectivity index (χ3n) is 4.93. The van der Waals surface area contributed by atoms with Crippen LogP contribution in [0.1, 0.15) is 21.5 Å². The molecule has 0 aliphatic rings. The monoisotopic (exact) mass is 463 g/mol. The number of amides is 2. The molecule has 2 aromatic carbocycles. The maximum absolute atomic E-state index is 12.5. The average molecular weight is 464 g/mol. The zero-order chi connectivity index (χ0) is 22.7. The Morgan fingerprint density at radius 2 is 1.84 bits per heavy atom. The molecular formula is C23H21N5O2S2. The topological polar surface area (TPSA) is 103 Å². The van der Waals surface area contributed by atoms with Crippen LogP contribution in [0.25, 0.3) is 17.1 Å². The van der Waals surface area contributed by atoms with Crippen LogP contribution < -0.4 is 11.1 Å². The maximum atomic E-state index is 12.5. The van der Waals surface area contributed by atoms with Gasteiger partial charge in [-0.15, -0.1) is 21.5 Å². The Hall–Kier alpha value is -3.43. The fourth-order valence-corrected chi connectivity index (χ4v) is 4.69. The molecule has 32 heavy (non-hydrogen) atoms. The summed E-state index contributed by atoms with van der Waals surface area (Å²) in [7, 11) is 0. The zero-order valence-electron chi connectivity index (χ0n) is 17.5. The number of hydrogen-bond acceptors (Lipinski definition) is 6. The number of carbonyl (C=O) groups excluding carboxylic acids is 2. The number of nitrogens with two attached hydrogens (primary N) is 1. The summed E-state index contributed by atoms with van der Waals surface area (Å²) in [5, 5.41) is 14.3. The van der Waals surface area contributed by atoms with Gasteiger partial charge in [-0.1, -0.05) is 48.2 Å². The fraction of sp³-hybridized carbons (Fsp3) is 0.130. The number of rotatable bonds is 7. The summed E-state index contributed by atoms with van der Waals surface area (Å²) in [6, 6.07) is 17.6. The average Bonchev–Trinajstić information content (AvgIpc) is 3.42. The third kappa shape index (κ3) is 4.58. The predicted octanol–water partition coefficient (Wildman–Crippen LogP) is 4.44. The van der Waals surface area contributed by atoms with Crippen LogP contribution in [0.3, 0.4) is 0 Å². The van der Waals surface area contributed by atoms with E-state index in [2.05, 4.69) is 41.5 Å². The van der Waals surface area contributed by atoms with Crippen LogP contribution in [-0.2, 0) is 4.79 Å². The van der Waals surface area contributed by atoms with Crippen LogP contribution in [-0.4, -0.2) is 32.3 Å². The number of aromatic nitrogens is 3. The molecule has 3 N–H and O–H groups in total. The van der Waals surface area contributed by atoms with Crippen molar-refractivity contribution in [2.45, 2.75) is 19.0 Å². The van der Waals surface area contributed by atoms with Crippen molar-refractivity contribution in [3.8, 4) is 17.1 Å². The van der Waals surface area contributed by atoms with E-state index in [1.807, 2.05) is 41.0 Å². The van der Waals surface area contributed by atoms with Crippen molar-refractivity contribution in [2.75, 3.05) is 11.1 Å². The molecule has 9 heteroatoms. The van der Waals surface area contributed by atoms with Crippen LogP contribution in [0, 0.1) is 13.8 Å². The minimum Gasteiger partial charge on any atom is -0.366 e. The molecule has 4 aromatic rings. The first kappa shape index (κ1) is 21.8. The molecule has 0 unspecified atom stereocenters. The second-order valence-corrected chi connectivity index (χ2v) is 9.00. The van der Waals surface area contributed by atoms with Gasteiger partial charge in [0.2, 0.25) is 5.91 Å². The van der Waals surface area contributed by atoms with Crippen molar-refractivity contribution >= 4 is 39.9 Å². The van der Waals surface area contributed by atoms with E-state index in [-0.39, 0.29) is 11.7 Å². The van der Waals surface area contributed by atoms with Crippen LogP contribution in [0.2, 0.25) is 0 Å². The van der Waals surface area contributed by atoms with Crippen LogP contribution in [0.5, 0.6) is 0 Å². The number of anilines is 1. The van der Waals surface area contributed by atoms with E-state index in [1.165, 1.54) is 28.7 Å². The Morgan fingerprint density at radius 1 is 1.06 bits per heavy atom. The summed E-state index contributed by atoms with van der Waals surface area (Å²) in [6.07, 6.45) is 0. The Bertz CT molecular complexity index is 1280. The lowest BCUT2D eigenvalue weighted by atomic mass is 10.1. The van der Waals surface area contributed by atoms with Crippen molar-refractivity contribution in [1.82, 2.24) is 14.8 Å². The summed E-state index contributed by atoms with van der Waals surface area (Å²) in [6.45, 7) is 4.12. The van der Waals surface area contributed by atoms with Gasteiger partial charge in [-0.25, -0.2) is 0 Å². The second-order valence-electron chi connectivity index (χ2n) is 7.14. The van der Waals surface area contributed by atoms with Crippen molar-refractivity contribution in [2.24, 2.45) is 5.73 Å². The molecule has 0 radical (unpaired) electrons. The fourth-order valence-electron chi connectivity index (χ4n) is 3.13. The van der Waals surface area contributed by atoms with Gasteiger partial charge in [-0.2, -0.15) is 0 Å². The van der Waals surface area contributed by atoms with Gasteiger partial charge in [-0.05, 0) is 48.6 Å². The molecule has 0 fully saturated rings. The molecule has 162 valence electrons. The van der Waals surface area contributed by atoms with Crippen molar-refractivity contribution < 1.29 is 9.59 Å². The predicted molar refractivity (Wildman–Crippen MR) is 128 cm³/mol. The lowest BCUT2D eigenvalue weighted by Crippen LogP contribution is -2.18. The summed E-state index contributed by atoms with van der Waals surface area (Å²) in [5.41, 5.74) is 9.86. The van der Waals surface area contributed by atoms with Crippen molar-refractivity contribution in [3.63, 3.8) is 0 Å². The number of hydrogen-bond donors (Lipinski definition) is 2. The second kappa shape index (κ2) is 9.37. The van der Waals surface area contributed by atoms with Gasteiger partial charge >= 0.3 is 0 Å². The highest BCUT2D eigenvalue weighted by atomic mass is 32.2. The number of thioether (sulfide) groups is 1. The van der Waals surface area contributed by atoms with Gasteiger partial charge in [0, 0.05) is 5.56 Å². The number of primary amides is 1. The van der Waals surface area contributed by atoms with E-state index >= 15 is 0 Å². The minimum atomic E-state index is -0.573. The van der Waals surface area contributed by atoms with Gasteiger partial charge in [0.15, 0.2) is 11.0 Å². The summed E-state index contributed by atoms with van der Waals surface area (Å²) >= 11 is 2.53. The molecule has 0 atom stereocenters. The van der Waals surface area contributed by atoms with Gasteiger partial charge in [0.25, 0.3) is 5.91 Å². The summed E-state index contributed by atoms with van der Waals surface area (Å²) in [5.74, 6) is -0.0218. The summed E-state index contributed by atoms with van der Waals surface area (Å²) < 4.78 is 1.96. The normalized spacial score (nSPS) is 10.8. The van der Waals surface area contributed by atoms with Gasteiger partial charge in [-0.3, -0.25) is 14.2 Å². The Balaban J connectivity index is 1.61. The molecule has 2 aromatic heterocycles. The highest BCUT2D eigenvalue weighted by molar-refractivity contribution is 7.99. The molecule has 7 nitrogen and oxygen atoms in total. The maximum Gasteiger partial charge on any atom is 0.251 e. The largest absolute Gasteiger partial charge is 0.366 e. The van der Waals surface area contributed by atoms with Gasteiger partial charge in [0.05, 0.1) is 17.0 Å². The van der Waals surface area contributed by atoms with E-state index in [4.69, 9.17) is 5.73 Å². The SMILES string of the molecule is Cc1ccc(-n2c(SCC(=O)Nc3sccc3C(N)=O)nnc2-c2ccccc2)cc1C. The van der Waals surface area contributed by atoms with Gasteiger partial charge in [0.1, 0.15) is 5.00 Å². The van der Waals surface area contributed by atoms with E-state index in [1.54, 1.807) is 11.4 Å². The quantitative estimate of drug-likeness (QED) is 0.394. The molecule has 0 aliphatic carbocycles. The Labute approximate surface area is 193 Å². The smallest absolute Gasteiger partial charge is 0.251 e. The molecular weight excluding hydrogens is 442 g/mol. The first-order valence-corrected chi connectivity index (χ1v) is 11.7. The molecule has 0 saturated heterocycles. The molecule has 0 aliphatic heterocycles. The lowest BCUT2D eigenvalue weighted by Gasteiger charge is -2.12. The number of nitrogens with zero attached hydrogens (tertiary/aromatic N) is 3. The molecule has 0 saturated carbocycles. The van der Waals surface area contributed by atoms with Gasteiger partial charge < -0.3 is 11.1 Å². The van der Waals surface area contributed by atoms with Crippen molar-refractivity contribution in [1.29, 1.82) is 0 Å². The molecule has 0 spiro atoms. The van der Waals surface area contributed by atoms with E-state index in [0.29, 0.717) is 21.5 Å². The number of nitrogens with one attached hydrogen (secondary N) is 1. The molecule has 2 heterocycles. The minimum absolute atomic E-state index is 0.105. The van der Waals surface area contributed by atoms with Crippen LogP contribution in [0.4, 0.5) is 5.00 Å². The Morgan fingerprint density at radius 3 is 2.56 bits per heavy atom. The molecule has 2 amide bonds. The Kier molecular flexibility index (Phi) is 6.38. The van der Waals surface area contributed by atoms with Crippen LogP contribution >= 0.6 is 23.1 Å². The van der Waals surface area contributed by atoms with Crippen molar-refractivity contribution in [3.05, 3.63) is 76.7 Å². The molecule has 0 bridgehead atoms.